The van der Waals surface area contributed by atoms with Gasteiger partial charge in [0.2, 0.25) is 0 Å². The minimum atomic E-state index is -0.672. The molecule has 0 saturated carbocycles. The molecule has 1 aromatic carbocycles. The summed E-state index contributed by atoms with van der Waals surface area (Å²) in [6.07, 6.45) is -0.324. The van der Waals surface area contributed by atoms with Gasteiger partial charge in [0.05, 0.1) is 25.7 Å². The molecule has 0 amide bonds. The molecule has 1 rings (SSSR count). The van der Waals surface area contributed by atoms with E-state index in [9.17, 15) is 9.90 Å². The lowest BCUT2D eigenvalue weighted by atomic mass is 9.98. The first-order chi connectivity index (χ1) is 8.58. The van der Waals surface area contributed by atoms with Crippen LogP contribution in [0.4, 0.5) is 0 Å². The maximum Gasteiger partial charge on any atom is 0.308 e. The van der Waals surface area contributed by atoms with Crippen molar-refractivity contribution in [3.63, 3.8) is 0 Å². The standard InChI is InChI=1S/C14H20O4/c1-4-18-12-7-5-11(6-8-12)13(15)9-10(2)14(16)17-3/h5-8,10,13,15H,4,9H2,1-3H3. The molecule has 100 valence electrons. The predicted octanol–water partition coefficient (Wildman–Crippen LogP) is 2.32. The van der Waals surface area contributed by atoms with Crippen LogP contribution in [0.1, 0.15) is 31.9 Å². The van der Waals surface area contributed by atoms with Crippen LogP contribution in [0.5, 0.6) is 5.75 Å². The zero-order chi connectivity index (χ0) is 13.5. The largest absolute Gasteiger partial charge is 0.494 e. The van der Waals surface area contributed by atoms with E-state index in [0.29, 0.717) is 13.0 Å². The van der Waals surface area contributed by atoms with Gasteiger partial charge in [0.25, 0.3) is 0 Å². The lowest BCUT2D eigenvalue weighted by molar-refractivity contribution is -0.145. The lowest BCUT2D eigenvalue weighted by Gasteiger charge is -2.15. The summed E-state index contributed by atoms with van der Waals surface area (Å²) in [6, 6.07) is 7.23. The average Bonchev–Trinajstić information content (AvgIpc) is 2.38. The molecule has 0 aliphatic rings. The summed E-state index contributed by atoms with van der Waals surface area (Å²) in [6.45, 7) is 4.27. The van der Waals surface area contributed by atoms with Gasteiger partial charge in [-0.15, -0.1) is 0 Å². The van der Waals surface area contributed by atoms with Crippen LogP contribution in [-0.4, -0.2) is 24.8 Å². The van der Waals surface area contributed by atoms with Crippen LogP contribution in [0.25, 0.3) is 0 Å². The second kappa shape index (κ2) is 7.01. The monoisotopic (exact) mass is 252 g/mol. The second-order valence-electron chi connectivity index (χ2n) is 4.18. The normalized spacial score (nSPS) is 13.8. The van der Waals surface area contributed by atoms with Crippen LogP contribution in [-0.2, 0) is 9.53 Å². The van der Waals surface area contributed by atoms with Crippen molar-refractivity contribution in [3.8, 4) is 5.75 Å². The molecule has 0 bridgehead atoms. The first-order valence-electron chi connectivity index (χ1n) is 6.07. The first kappa shape index (κ1) is 14.5. The SMILES string of the molecule is CCOc1ccc(C(O)CC(C)C(=O)OC)cc1. The number of aliphatic hydroxyl groups is 1. The highest BCUT2D eigenvalue weighted by molar-refractivity contribution is 5.71. The van der Waals surface area contributed by atoms with Crippen molar-refractivity contribution in [3.05, 3.63) is 29.8 Å². The van der Waals surface area contributed by atoms with Crippen LogP contribution >= 0.6 is 0 Å². The van der Waals surface area contributed by atoms with E-state index in [1.165, 1.54) is 7.11 Å². The number of hydrogen-bond acceptors (Lipinski definition) is 4. The van der Waals surface area contributed by atoms with Crippen LogP contribution < -0.4 is 4.74 Å². The molecule has 1 N–H and O–H groups in total. The van der Waals surface area contributed by atoms with Gasteiger partial charge in [-0.25, -0.2) is 0 Å². The molecule has 0 saturated heterocycles. The van der Waals surface area contributed by atoms with Gasteiger partial charge in [0.1, 0.15) is 5.75 Å². The quantitative estimate of drug-likeness (QED) is 0.789. The van der Waals surface area contributed by atoms with Crippen LogP contribution in [0, 0.1) is 5.92 Å². The number of rotatable bonds is 6. The number of esters is 1. The number of benzene rings is 1. The Morgan fingerprint density at radius 2 is 1.94 bits per heavy atom. The van der Waals surface area contributed by atoms with Crippen LogP contribution in [0.15, 0.2) is 24.3 Å². The van der Waals surface area contributed by atoms with E-state index in [4.69, 9.17) is 4.74 Å². The smallest absolute Gasteiger partial charge is 0.308 e. The summed E-state index contributed by atoms with van der Waals surface area (Å²) in [5.41, 5.74) is 0.772. The predicted molar refractivity (Wildman–Crippen MR) is 68.4 cm³/mol. The highest BCUT2D eigenvalue weighted by atomic mass is 16.5. The van der Waals surface area contributed by atoms with E-state index >= 15 is 0 Å². The van der Waals surface area contributed by atoms with Gasteiger partial charge in [0.15, 0.2) is 0 Å². The molecule has 2 atom stereocenters. The Morgan fingerprint density at radius 3 is 2.44 bits per heavy atom. The van der Waals surface area contributed by atoms with Crippen LogP contribution in [0.2, 0.25) is 0 Å². The summed E-state index contributed by atoms with van der Waals surface area (Å²) in [7, 11) is 1.35. The molecule has 0 fully saturated rings. The van der Waals surface area contributed by atoms with Gasteiger partial charge in [-0.3, -0.25) is 4.79 Å². The molecule has 0 radical (unpaired) electrons. The number of ether oxygens (including phenoxy) is 2. The van der Waals surface area contributed by atoms with Crippen LogP contribution in [0.3, 0.4) is 0 Å². The van der Waals surface area contributed by atoms with E-state index in [-0.39, 0.29) is 11.9 Å². The van der Waals surface area contributed by atoms with Gasteiger partial charge in [-0.2, -0.15) is 0 Å². The molecule has 0 aliphatic carbocycles. The Kier molecular flexibility index (Phi) is 5.65. The number of carbonyl (C=O) groups is 1. The van der Waals surface area contributed by atoms with E-state index in [1.54, 1.807) is 19.1 Å². The molecular weight excluding hydrogens is 232 g/mol. The summed E-state index contributed by atoms with van der Waals surface area (Å²) in [4.78, 5) is 11.3. The third-order valence-electron chi connectivity index (χ3n) is 2.76. The Labute approximate surface area is 108 Å². The van der Waals surface area contributed by atoms with Gasteiger partial charge in [-0.1, -0.05) is 19.1 Å². The maximum atomic E-state index is 11.3. The fraction of sp³-hybridized carbons (Fsp3) is 0.500. The fourth-order valence-electron chi connectivity index (χ4n) is 1.72. The highest BCUT2D eigenvalue weighted by Gasteiger charge is 2.18. The van der Waals surface area contributed by atoms with Crippen molar-refractivity contribution < 1.29 is 19.4 Å². The highest BCUT2D eigenvalue weighted by Crippen LogP contribution is 2.23. The zero-order valence-corrected chi connectivity index (χ0v) is 11.1. The number of carbonyl (C=O) groups excluding carboxylic acids is 1. The summed E-state index contributed by atoms with van der Waals surface area (Å²) in [5.74, 6) is 0.144. The molecule has 0 aromatic heterocycles. The molecule has 18 heavy (non-hydrogen) atoms. The van der Waals surface area contributed by atoms with Crippen molar-refractivity contribution in [1.29, 1.82) is 0 Å². The Balaban J connectivity index is 2.61. The van der Waals surface area contributed by atoms with Crippen molar-refractivity contribution in [2.75, 3.05) is 13.7 Å². The zero-order valence-electron chi connectivity index (χ0n) is 11.1. The van der Waals surface area contributed by atoms with E-state index in [0.717, 1.165) is 11.3 Å². The summed E-state index contributed by atoms with van der Waals surface area (Å²) in [5, 5.41) is 10.0. The Bertz CT molecular complexity index is 372. The topological polar surface area (TPSA) is 55.8 Å². The van der Waals surface area contributed by atoms with Crippen molar-refractivity contribution in [2.45, 2.75) is 26.4 Å². The molecule has 0 spiro atoms. The van der Waals surface area contributed by atoms with Crippen molar-refractivity contribution >= 4 is 5.97 Å². The molecule has 2 unspecified atom stereocenters. The minimum absolute atomic E-state index is 0.306. The van der Waals surface area contributed by atoms with E-state index in [1.807, 2.05) is 19.1 Å². The Hall–Kier alpha value is -1.55. The lowest BCUT2D eigenvalue weighted by Crippen LogP contribution is -2.15. The summed E-state index contributed by atoms with van der Waals surface area (Å²) < 4.78 is 9.95. The molecule has 0 heterocycles. The molecule has 0 aliphatic heterocycles. The average molecular weight is 252 g/mol. The second-order valence-corrected chi connectivity index (χ2v) is 4.18. The fourth-order valence-corrected chi connectivity index (χ4v) is 1.72. The first-order valence-corrected chi connectivity index (χ1v) is 6.07. The maximum absolute atomic E-state index is 11.3. The molecular formula is C14H20O4. The minimum Gasteiger partial charge on any atom is -0.494 e. The Morgan fingerprint density at radius 1 is 1.33 bits per heavy atom. The number of methoxy groups -OCH3 is 1. The van der Waals surface area contributed by atoms with Crippen molar-refractivity contribution in [2.24, 2.45) is 5.92 Å². The molecule has 4 heteroatoms. The molecule has 4 nitrogen and oxygen atoms in total. The third kappa shape index (κ3) is 4.04. The summed E-state index contributed by atoms with van der Waals surface area (Å²) >= 11 is 0. The van der Waals surface area contributed by atoms with Gasteiger partial charge in [-0.05, 0) is 31.0 Å². The van der Waals surface area contributed by atoms with Gasteiger partial charge >= 0.3 is 5.97 Å². The number of hydrogen-bond donors (Lipinski definition) is 1. The third-order valence-corrected chi connectivity index (χ3v) is 2.76. The molecule has 1 aromatic rings. The number of aliphatic hydroxyl groups excluding tert-OH is 1. The van der Waals surface area contributed by atoms with Gasteiger partial charge in [0, 0.05) is 0 Å². The van der Waals surface area contributed by atoms with Crippen molar-refractivity contribution in [1.82, 2.24) is 0 Å². The van der Waals surface area contributed by atoms with Gasteiger partial charge < -0.3 is 14.6 Å². The van der Waals surface area contributed by atoms with E-state index in [2.05, 4.69) is 4.74 Å². The van der Waals surface area contributed by atoms with E-state index < -0.39 is 6.10 Å².